The zero-order valence-electron chi connectivity index (χ0n) is 23.5. The number of carbonyl (C=O) groups is 2. The lowest BCUT2D eigenvalue weighted by molar-refractivity contribution is -0.192. The van der Waals surface area contributed by atoms with Crippen molar-refractivity contribution in [3.05, 3.63) is 88.1 Å². The second kappa shape index (κ2) is 10.6. The number of amides is 1. The van der Waals surface area contributed by atoms with E-state index in [0.29, 0.717) is 0 Å². The van der Waals surface area contributed by atoms with Crippen molar-refractivity contribution in [2.24, 2.45) is 0 Å². The topological polar surface area (TPSA) is 108 Å². The number of nitrogens with zero attached hydrogens (tertiary/aromatic N) is 2. The molecule has 3 aromatic carbocycles. The molecule has 3 heterocycles. The summed E-state index contributed by atoms with van der Waals surface area (Å²) in [5.41, 5.74) is 8.56. The van der Waals surface area contributed by atoms with E-state index >= 15 is 0 Å². The van der Waals surface area contributed by atoms with Crippen LogP contribution in [0.1, 0.15) is 52.8 Å². The molecule has 0 radical (unpaired) electrons. The average molecular weight is 591 g/mol. The molecule has 1 aromatic heterocycles. The molecule has 0 bridgehead atoms. The number of rotatable bonds is 5. The van der Waals surface area contributed by atoms with E-state index in [0.717, 1.165) is 65.2 Å². The number of H-pyrrole nitrogens is 1. The molecule has 1 spiro atoms. The molecule has 0 saturated heterocycles. The van der Waals surface area contributed by atoms with E-state index in [1.807, 2.05) is 18.2 Å². The van der Waals surface area contributed by atoms with E-state index < -0.39 is 17.6 Å². The van der Waals surface area contributed by atoms with Gasteiger partial charge in [-0.15, -0.1) is 0 Å². The Labute approximate surface area is 245 Å². The lowest BCUT2D eigenvalue weighted by atomic mass is 9.91. The molecule has 4 aromatic rings. The SMILES string of the molecule is CCN1Cc2ccc(/C=C/c3n[nH]c4cc([C@@H]5CC56C(=O)Nc5ccc(OC)cc56)ccc34)cc2C1.O=C(O)C(F)(F)F. The lowest BCUT2D eigenvalue weighted by Crippen LogP contribution is -2.21. The van der Waals surface area contributed by atoms with Gasteiger partial charge in [0.2, 0.25) is 5.91 Å². The zero-order valence-corrected chi connectivity index (χ0v) is 23.5. The molecule has 1 fully saturated rings. The Kier molecular flexibility index (Phi) is 7.00. The number of aromatic amines is 1. The number of alkyl halides is 3. The summed E-state index contributed by atoms with van der Waals surface area (Å²) in [5.74, 6) is -1.75. The van der Waals surface area contributed by atoms with Crippen LogP contribution in [0.2, 0.25) is 0 Å². The number of aromatic nitrogens is 2. The quantitative estimate of drug-likeness (QED) is 0.260. The van der Waals surface area contributed by atoms with Crippen LogP contribution in [-0.4, -0.2) is 51.9 Å². The summed E-state index contributed by atoms with van der Waals surface area (Å²) in [6, 6.07) is 19.0. The number of methoxy groups -OCH3 is 1. The van der Waals surface area contributed by atoms with E-state index in [1.54, 1.807) is 7.11 Å². The number of carbonyl (C=O) groups excluding carboxylic acids is 1. The number of nitrogens with one attached hydrogen (secondary N) is 2. The van der Waals surface area contributed by atoms with Gasteiger partial charge in [0.15, 0.2) is 0 Å². The van der Waals surface area contributed by atoms with Crippen LogP contribution in [0.3, 0.4) is 0 Å². The molecule has 3 aliphatic rings. The highest BCUT2D eigenvalue weighted by Crippen LogP contribution is 2.65. The third kappa shape index (κ3) is 5.14. The molecule has 1 aliphatic carbocycles. The van der Waals surface area contributed by atoms with Gasteiger partial charge in [0.1, 0.15) is 5.75 Å². The zero-order chi connectivity index (χ0) is 30.5. The Morgan fingerprint density at radius 1 is 1.12 bits per heavy atom. The van der Waals surface area contributed by atoms with Crippen molar-refractivity contribution in [2.75, 3.05) is 19.0 Å². The predicted octanol–water partition coefficient (Wildman–Crippen LogP) is 6.09. The molecular weight excluding hydrogens is 561 g/mol. The number of hydrogen-bond donors (Lipinski definition) is 3. The first-order valence-corrected chi connectivity index (χ1v) is 13.8. The normalized spacial score (nSPS) is 20.6. The molecule has 2 aliphatic heterocycles. The highest BCUT2D eigenvalue weighted by atomic mass is 19.4. The summed E-state index contributed by atoms with van der Waals surface area (Å²) in [5, 5.41) is 19.1. The number of halogens is 3. The summed E-state index contributed by atoms with van der Waals surface area (Å²) in [6.45, 7) is 5.36. The Morgan fingerprint density at radius 3 is 2.60 bits per heavy atom. The second-order valence-corrected chi connectivity index (χ2v) is 11.0. The van der Waals surface area contributed by atoms with E-state index in [4.69, 9.17) is 14.6 Å². The van der Waals surface area contributed by atoms with Crippen molar-refractivity contribution in [2.45, 2.75) is 43.9 Å². The van der Waals surface area contributed by atoms with Crippen molar-refractivity contribution >= 4 is 40.6 Å². The highest BCUT2D eigenvalue weighted by Gasteiger charge is 2.65. The summed E-state index contributed by atoms with van der Waals surface area (Å²) >= 11 is 0. The van der Waals surface area contributed by atoms with E-state index in [-0.39, 0.29) is 11.8 Å². The number of carboxylic acids is 1. The molecule has 8 nitrogen and oxygen atoms in total. The van der Waals surface area contributed by atoms with Gasteiger partial charge in [-0.05, 0) is 71.1 Å². The fourth-order valence-electron chi connectivity index (χ4n) is 6.09. The molecule has 1 amide bonds. The molecule has 11 heteroatoms. The molecular formula is C32H29F3N4O4. The second-order valence-electron chi connectivity index (χ2n) is 11.0. The van der Waals surface area contributed by atoms with Crippen LogP contribution in [0.15, 0.2) is 54.6 Å². The van der Waals surface area contributed by atoms with Crippen LogP contribution in [-0.2, 0) is 28.1 Å². The molecule has 3 N–H and O–H groups in total. The molecule has 222 valence electrons. The number of carboxylic acid groups (broad SMARTS) is 1. The van der Waals surface area contributed by atoms with Crippen LogP contribution >= 0.6 is 0 Å². The van der Waals surface area contributed by atoms with Gasteiger partial charge in [-0.25, -0.2) is 4.79 Å². The van der Waals surface area contributed by atoms with Gasteiger partial charge in [-0.2, -0.15) is 18.3 Å². The maximum Gasteiger partial charge on any atom is 0.490 e. The number of ether oxygens (including phenoxy) is 1. The largest absolute Gasteiger partial charge is 0.497 e. The number of hydrogen-bond acceptors (Lipinski definition) is 5. The third-order valence-corrected chi connectivity index (χ3v) is 8.48. The third-order valence-electron chi connectivity index (χ3n) is 8.48. The Hall–Kier alpha value is -4.64. The van der Waals surface area contributed by atoms with Crippen LogP contribution in [0.4, 0.5) is 18.9 Å². The monoisotopic (exact) mass is 590 g/mol. The van der Waals surface area contributed by atoms with Crippen molar-refractivity contribution in [3.8, 4) is 5.75 Å². The summed E-state index contributed by atoms with van der Waals surface area (Å²) in [7, 11) is 1.66. The lowest BCUT2D eigenvalue weighted by Gasteiger charge is -2.10. The maximum atomic E-state index is 13.0. The average Bonchev–Trinajstić information content (AvgIpc) is 3.25. The molecule has 1 saturated carbocycles. The fourth-order valence-corrected chi connectivity index (χ4v) is 6.09. The number of fused-ring (bicyclic) bond motifs is 4. The van der Waals surface area contributed by atoms with Crippen LogP contribution < -0.4 is 10.1 Å². The minimum Gasteiger partial charge on any atom is -0.497 e. The minimum atomic E-state index is -5.08. The Bertz CT molecular complexity index is 1780. The Morgan fingerprint density at radius 2 is 1.88 bits per heavy atom. The Balaban J connectivity index is 0.000000423. The van der Waals surface area contributed by atoms with Gasteiger partial charge in [0.05, 0.1) is 23.7 Å². The maximum absolute atomic E-state index is 13.0. The smallest absolute Gasteiger partial charge is 0.490 e. The van der Waals surface area contributed by atoms with Gasteiger partial charge in [0, 0.05) is 30.1 Å². The summed E-state index contributed by atoms with van der Waals surface area (Å²) in [4.78, 5) is 24.4. The first-order valence-electron chi connectivity index (χ1n) is 13.8. The van der Waals surface area contributed by atoms with Crippen molar-refractivity contribution in [1.82, 2.24) is 15.1 Å². The van der Waals surface area contributed by atoms with E-state index in [2.05, 4.69) is 75.9 Å². The van der Waals surface area contributed by atoms with Gasteiger partial charge in [0.25, 0.3) is 0 Å². The first kappa shape index (κ1) is 28.5. The van der Waals surface area contributed by atoms with E-state index in [1.165, 1.54) is 16.7 Å². The summed E-state index contributed by atoms with van der Waals surface area (Å²) in [6.07, 6.45) is -0.0565. The van der Waals surface area contributed by atoms with Gasteiger partial charge in [-0.3, -0.25) is 14.8 Å². The van der Waals surface area contributed by atoms with Crippen molar-refractivity contribution in [1.29, 1.82) is 0 Å². The fraction of sp³-hybridized carbons (Fsp3) is 0.281. The molecule has 7 rings (SSSR count). The van der Waals surface area contributed by atoms with Gasteiger partial charge < -0.3 is 15.2 Å². The minimum absolute atomic E-state index is 0.0838. The summed E-state index contributed by atoms with van der Waals surface area (Å²) < 4.78 is 37.2. The van der Waals surface area contributed by atoms with Crippen LogP contribution in [0.25, 0.3) is 23.1 Å². The molecule has 1 unspecified atom stereocenters. The number of anilines is 1. The predicted molar refractivity (Wildman–Crippen MR) is 156 cm³/mol. The number of benzene rings is 3. The highest BCUT2D eigenvalue weighted by molar-refractivity contribution is 6.10. The first-order chi connectivity index (χ1) is 20.5. The van der Waals surface area contributed by atoms with Crippen LogP contribution in [0.5, 0.6) is 5.75 Å². The van der Waals surface area contributed by atoms with Gasteiger partial charge in [-0.1, -0.05) is 43.3 Å². The number of aliphatic carboxylic acids is 1. The van der Waals surface area contributed by atoms with Gasteiger partial charge >= 0.3 is 12.1 Å². The molecule has 2 atom stereocenters. The van der Waals surface area contributed by atoms with Crippen molar-refractivity contribution in [3.63, 3.8) is 0 Å². The van der Waals surface area contributed by atoms with Crippen LogP contribution in [0, 0.1) is 0 Å². The van der Waals surface area contributed by atoms with E-state index in [9.17, 15) is 18.0 Å². The van der Waals surface area contributed by atoms with Crippen molar-refractivity contribution < 1.29 is 32.6 Å². The molecule has 43 heavy (non-hydrogen) atoms. The standard InChI is InChI=1S/C30H28N4O2.C2HF3O2/c1-3-34-16-20-6-4-18(12-21(20)17-34)5-10-26-23-9-7-19(13-28(23)33-32-26)25-15-30(25)24-14-22(36-2)8-11-27(24)31-29(30)35;3-2(4,5)1(6)7/h4-14,25H,3,15-17H2,1-2H3,(H,31,35)(H,32,33);(H,6,7)/b10-5+;/t25-,30?;/m0./s1.